The Morgan fingerprint density at radius 2 is 2.05 bits per heavy atom. The fourth-order valence-electron chi connectivity index (χ4n) is 2.38. The highest BCUT2D eigenvalue weighted by molar-refractivity contribution is 7.89. The second-order valence-electron chi connectivity index (χ2n) is 5.07. The van der Waals surface area contributed by atoms with Crippen molar-refractivity contribution >= 4 is 34.0 Å². The summed E-state index contributed by atoms with van der Waals surface area (Å²) in [4.78, 5) is 20.0. The van der Waals surface area contributed by atoms with Crippen molar-refractivity contribution in [1.82, 2.24) is 5.32 Å². The molecule has 0 spiro atoms. The number of nitrogens with two attached hydrogens (primary N) is 1. The number of sulfonamides is 1. The maximum Gasteiger partial charge on any atom is 0.238 e. The van der Waals surface area contributed by atoms with Crippen molar-refractivity contribution in [2.45, 2.75) is 17.7 Å². The Hall–Kier alpha value is -2.32. The molecule has 2 heterocycles. The number of benzene rings is 1. The summed E-state index contributed by atoms with van der Waals surface area (Å²) in [6, 6.07) is 5.99. The Kier molecular flexibility index (Phi) is 3.63. The van der Waals surface area contributed by atoms with Crippen LogP contribution in [-0.4, -0.2) is 26.8 Å². The van der Waals surface area contributed by atoms with Gasteiger partial charge in [-0.25, -0.2) is 18.5 Å². The third-order valence-electron chi connectivity index (χ3n) is 3.51. The highest BCUT2D eigenvalue weighted by Gasteiger charge is 2.28. The smallest absolute Gasteiger partial charge is 0.238 e. The topological polar surface area (TPSA) is 114 Å². The van der Waals surface area contributed by atoms with Crippen molar-refractivity contribution in [2.75, 3.05) is 0 Å². The normalized spacial score (nSPS) is 21.3. The predicted octanol–water partition coefficient (Wildman–Crippen LogP) is 0.858. The summed E-state index contributed by atoms with van der Waals surface area (Å²) >= 11 is 0. The highest BCUT2D eigenvalue weighted by atomic mass is 32.2. The first-order valence-corrected chi connectivity index (χ1v) is 8.20. The molecule has 1 aromatic carbocycles. The quantitative estimate of drug-likeness (QED) is 0.805. The molecule has 1 atom stereocenters. The van der Waals surface area contributed by atoms with E-state index in [2.05, 4.69) is 15.3 Å². The Morgan fingerprint density at radius 1 is 1.32 bits per heavy atom. The van der Waals surface area contributed by atoms with Crippen molar-refractivity contribution in [3.63, 3.8) is 0 Å². The number of nitrogens with zero attached hydrogens (tertiary/aromatic N) is 2. The molecule has 0 saturated carbocycles. The van der Waals surface area contributed by atoms with E-state index in [-0.39, 0.29) is 16.7 Å². The predicted molar refractivity (Wildman–Crippen MR) is 82.4 cm³/mol. The van der Waals surface area contributed by atoms with E-state index < -0.39 is 10.0 Å². The largest absolute Gasteiger partial charge is 0.310 e. The van der Waals surface area contributed by atoms with E-state index in [1.165, 1.54) is 12.1 Å². The molecule has 3 N–H and O–H groups in total. The lowest BCUT2D eigenvalue weighted by Crippen LogP contribution is -2.15. The molecule has 1 amide bonds. The minimum atomic E-state index is -3.70. The van der Waals surface area contributed by atoms with Crippen LogP contribution < -0.4 is 10.5 Å². The third-order valence-corrected chi connectivity index (χ3v) is 4.44. The second kappa shape index (κ2) is 5.47. The number of carbonyl (C=O) groups excluding carboxylic acids is 1. The SMILES string of the molecule is NS(=O)(=O)c1ccc(N=CC2CC=NC3=C2CC(=O)N3)cc1. The summed E-state index contributed by atoms with van der Waals surface area (Å²) in [5.41, 5.74) is 1.56. The molecule has 0 saturated heterocycles. The van der Waals surface area contributed by atoms with Gasteiger partial charge in [0, 0.05) is 18.3 Å². The van der Waals surface area contributed by atoms with Crippen molar-refractivity contribution in [3.8, 4) is 0 Å². The summed E-state index contributed by atoms with van der Waals surface area (Å²) in [6.07, 6.45) is 4.54. The summed E-state index contributed by atoms with van der Waals surface area (Å²) in [6.45, 7) is 0. The lowest BCUT2D eigenvalue weighted by molar-refractivity contribution is -0.118. The maximum atomic E-state index is 11.4. The zero-order chi connectivity index (χ0) is 15.7. The van der Waals surface area contributed by atoms with Crippen LogP contribution in [0.4, 0.5) is 5.69 Å². The van der Waals surface area contributed by atoms with Crippen LogP contribution in [0.25, 0.3) is 0 Å². The Bertz CT molecular complexity index is 807. The monoisotopic (exact) mass is 318 g/mol. The van der Waals surface area contributed by atoms with Crippen LogP contribution in [0.3, 0.4) is 0 Å². The molecule has 0 aromatic heterocycles. The van der Waals surface area contributed by atoms with Crippen molar-refractivity contribution in [1.29, 1.82) is 0 Å². The summed E-state index contributed by atoms with van der Waals surface area (Å²) in [5, 5.41) is 7.75. The molecule has 8 heteroatoms. The van der Waals surface area contributed by atoms with Gasteiger partial charge in [-0.1, -0.05) is 0 Å². The molecular weight excluding hydrogens is 304 g/mol. The number of primary sulfonamides is 1. The average molecular weight is 318 g/mol. The first-order chi connectivity index (χ1) is 10.4. The van der Waals surface area contributed by atoms with Gasteiger partial charge in [0.2, 0.25) is 15.9 Å². The number of amides is 1. The maximum absolute atomic E-state index is 11.4. The second-order valence-corrected chi connectivity index (χ2v) is 6.63. The van der Waals surface area contributed by atoms with E-state index in [1.807, 2.05) is 0 Å². The van der Waals surface area contributed by atoms with Crippen LogP contribution >= 0.6 is 0 Å². The van der Waals surface area contributed by atoms with Gasteiger partial charge in [-0.05, 0) is 36.3 Å². The molecule has 7 nitrogen and oxygen atoms in total. The molecule has 0 fully saturated rings. The number of hydrogen-bond acceptors (Lipinski definition) is 5. The molecular formula is C14H14N4O3S. The van der Waals surface area contributed by atoms with E-state index in [0.29, 0.717) is 24.4 Å². The number of nitrogens with one attached hydrogen (secondary N) is 1. The number of rotatable bonds is 3. The first kappa shape index (κ1) is 14.6. The van der Waals surface area contributed by atoms with Gasteiger partial charge in [0.15, 0.2) is 0 Å². The average Bonchev–Trinajstić information content (AvgIpc) is 2.85. The van der Waals surface area contributed by atoms with Crippen LogP contribution in [0.1, 0.15) is 12.8 Å². The lowest BCUT2D eigenvalue weighted by Gasteiger charge is -2.14. The number of hydrogen-bond donors (Lipinski definition) is 2. The van der Waals surface area contributed by atoms with Crippen LogP contribution in [0, 0.1) is 5.92 Å². The van der Waals surface area contributed by atoms with E-state index in [9.17, 15) is 13.2 Å². The fraction of sp³-hybridized carbons (Fsp3) is 0.214. The van der Waals surface area contributed by atoms with Gasteiger partial charge in [0.25, 0.3) is 0 Å². The van der Waals surface area contributed by atoms with Crippen molar-refractivity contribution in [3.05, 3.63) is 35.7 Å². The molecule has 2 aliphatic rings. The third kappa shape index (κ3) is 2.97. The van der Waals surface area contributed by atoms with Gasteiger partial charge < -0.3 is 5.32 Å². The van der Waals surface area contributed by atoms with Gasteiger partial charge in [0.05, 0.1) is 17.0 Å². The summed E-state index contributed by atoms with van der Waals surface area (Å²) in [7, 11) is -3.70. The first-order valence-electron chi connectivity index (χ1n) is 6.66. The molecule has 3 rings (SSSR count). The van der Waals surface area contributed by atoms with E-state index >= 15 is 0 Å². The molecule has 1 aromatic rings. The number of aliphatic imine (C=N–C) groups is 2. The van der Waals surface area contributed by atoms with Crippen LogP contribution in [0.5, 0.6) is 0 Å². The molecule has 0 bridgehead atoms. The molecule has 2 aliphatic heterocycles. The van der Waals surface area contributed by atoms with Gasteiger partial charge in [-0.3, -0.25) is 9.79 Å². The Balaban J connectivity index is 1.77. The Morgan fingerprint density at radius 3 is 2.73 bits per heavy atom. The van der Waals surface area contributed by atoms with Gasteiger partial charge in [-0.2, -0.15) is 0 Å². The van der Waals surface area contributed by atoms with Gasteiger partial charge in [0.1, 0.15) is 5.82 Å². The summed E-state index contributed by atoms with van der Waals surface area (Å²) < 4.78 is 22.4. The minimum absolute atomic E-state index is 0.0179. The fourth-order valence-corrected chi connectivity index (χ4v) is 2.90. The molecule has 22 heavy (non-hydrogen) atoms. The standard InChI is InChI=1S/C14H14N4O3S/c15-22(20,21)11-3-1-10(2-4-11)17-8-9-5-6-16-14-12(9)7-13(19)18-14/h1-4,6,8-9H,5,7H2,(H,18,19)(H2,15,20,21). The van der Waals surface area contributed by atoms with Gasteiger partial charge in [-0.15, -0.1) is 0 Å². The zero-order valence-corrected chi connectivity index (χ0v) is 12.4. The van der Waals surface area contributed by atoms with Crippen molar-refractivity contribution in [2.24, 2.45) is 21.0 Å². The lowest BCUT2D eigenvalue weighted by atomic mass is 9.94. The molecule has 1 unspecified atom stereocenters. The number of carbonyl (C=O) groups is 1. The van der Waals surface area contributed by atoms with E-state index in [0.717, 1.165) is 5.57 Å². The zero-order valence-electron chi connectivity index (χ0n) is 11.6. The van der Waals surface area contributed by atoms with Crippen LogP contribution in [-0.2, 0) is 14.8 Å². The van der Waals surface area contributed by atoms with Crippen molar-refractivity contribution < 1.29 is 13.2 Å². The van der Waals surface area contributed by atoms with E-state index in [4.69, 9.17) is 5.14 Å². The van der Waals surface area contributed by atoms with Crippen LogP contribution in [0.15, 0.2) is 50.5 Å². The summed E-state index contributed by atoms with van der Waals surface area (Å²) in [5.74, 6) is 0.585. The van der Waals surface area contributed by atoms with Crippen LogP contribution in [0.2, 0.25) is 0 Å². The highest BCUT2D eigenvalue weighted by Crippen LogP contribution is 2.28. The van der Waals surface area contributed by atoms with E-state index in [1.54, 1.807) is 24.6 Å². The minimum Gasteiger partial charge on any atom is -0.310 e. The molecule has 0 aliphatic carbocycles. The molecule has 0 radical (unpaired) electrons. The molecule has 114 valence electrons. The van der Waals surface area contributed by atoms with Gasteiger partial charge >= 0.3 is 0 Å². The Labute approximate surface area is 127 Å².